The molecule has 0 aliphatic carbocycles. The third kappa shape index (κ3) is 4.31. The van der Waals surface area contributed by atoms with Gasteiger partial charge in [0.1, 0.15) is 0 Å². The maximum absolute atomic E-state index is 5.52. The quantitative estimate of drug-likeness (QED) is 0.499. The molecule has 0 aliphatic rings. The number of hydrogen-bond acceptors (Lipinski definition) is 6. The lowest BCUT2D eigenvalue weighted by Crippen LogP contribution is -2.00. The van der Waals surface area contributed by atoms with Crippen molar-refractivity contribution in [3.63, 3.8) is 0 Å². The van der Waals surface area contributed by atoms with Crippen molar-refractivity contribution in [2.45, 2.75) is 42.7 Å². The van der Waals surface area contributed by atoms with Crippen LogP contribution in [-0.4, -0.2) is 26.4 Å². The number of benzene rings is 1. The van der Waals surface area contributed by atoms with E-state index in [4.69, 9.17) is 5.73 Å². The average molecular weight is 348 g/mol. The molecular weight excluding hydrogens is 326 g/mol. The normalized spacial score (nSPS) is 11.4. The second-order valence-electron chi connectivity index (χ2n) is 5.55. The Labute approximate surface area is 144 Å². The molecule has 0 aliphatic heterocycles. The van der Waals surface area contributed by atoms with E-state index >= 15 is 0 Å². The van der Waals surface area contributed by atoms with Crippen LogP contribution in [0.5, 0.6) is 0 Å². The van der Waals surface area contributed by atoms with Gasteiger partial charge in [0, 0.05) is 12.2 Å². The molecule has 0 bridgehead atoms. The maximum Gasteiger partial charge on any atom is 0.235 e. The van der Waals surface area contributed by atoms with E-state index in [0.717, 1.165) is 53.1 Å². The van der Waals surface area contributed by atoms with Crippen LogP contribution in [0.15, 0.2) is 28.6 Å². The molecule has 0 saturated carbocycles. The van der Waals surface area contributed by atoms with Crippen LogP contribution in [0.2, 0.25) is 0 Å². The van der Waals surface area contributed by atoms with Crippen LogP contribution >= 0.6 is 23.1 Å². The van der Waals surface area contributed by atoms with E-state index in [1.54, 1.807) is 23.1 Å². The molecule has 122 valence electrons. The van der Waals surface area contributed by atoms with Crippen molar-refractivity contribution in [2.24, 2.45) is 5.73 Å². The fourth-order valence-electron chi connectivity index (χ4n) is 2.29. The lowest BCUT2D eigenvalue weighted by molar-refractivity contribution is 0.654. The molecule has 1 aromatic carbocycles. The number of unbranched alkanes of at least 4 members (excludes halogenated alkanes) is 2. The van der Waals surface area contributed by atoms with Gasteiger partial charge in [0.05, 0.1) is 0 Å². The highest BCUT2D eigenvalue weighted by Crippen LogP contribution is 2.27. The highest BCUT2D eigenvalue weighted by atomic mass is 32.2. The molecule has 0 fully saturated rings. The molecule has 5 nitrogen and oxygen atoms in total. The van der Waals surface area contributed by atoms with Crippen LogP contribution in [0.3, 0.4) is 0 Å². The van der Waals surface area contributed by atoms with Crippen molar-refractivity contribution >= 4 is 28.1 Å². The highest BCUT2D eigenvalue weighted by molar-refractivity contribution is 8.00. The lowest BCUT2D eigenvalue weighted by atomic mass is 10.2. The number of aryl methyl sites for hydroxylation is 2. The van der Waals surface area contributed by atoms with Gasteiger partial charge in [-0.2, -0.15) is 4.52 Å². The maximum atomic E-state index is 5.52. The number of nitrogens with two attached hydrogens (primary N) is 1. The number of nitrogens with zero attached hydrogens (tertiary/aromatic N) is 4. The molecule has 0 spiro atoms. The number of aromatic nitrogens is 4. The van der Waals surface area contributed by atoms with Gasteiger partial charge in [0.2, 0.25) is 4.96 Å². The van der Waals surface area contributed by atoms with E-state index in [1.807, 2.05) is 4.52 Å². The smallest absolute Gasteiger partial charge is 0.235 e. The molecular formula is C16H21N5S2. The number of rotatable bonds is 8. The molecule has 2 aromatic heterocycles. The predicted octanol–water partition coefficient (Wildman–Crippen LogP) is 3.46. The van der Waals surface area contributed by atoms with Crippen LogP contribution in [0.1, 0.15) is 36.2 Å². The Kier molecular flexibility index (Phi) is 5.64. The standard InChI is InChI=1S/C16H21N5S2/c1-12-6-8-13(9-7-12)11-22-16-20-21-14(5-3-2-4-10-17)18-19-15(21)23-16/h6-9H,2-5,10-11,17H2,1H3. The van der Waals surface area contributed by atoms with E-state index in [1.165, 1.54) is 11.1 Å². The molecule has 0 radical (unpaired) electrons. The summed E-state index contributed by atoms with van der Waals surface area (Å²) in [5, 5.41) is 13.1. The van der Waals surface area contributed by atoms with Gasteiger partial charge in [0.25, 0.3) is 0 Å². The molecule has 3 rings (SSSR count). The molecule has 2 heterocycles. The second kappa shape index (κ2) is 7.90. The van der Waals surface area contributed by atoms with Crippen molar-refractivity contribution in [1.29, 1.82) is 0 Å². The fourth-order valence-corrected chi connectivity index (χ4v) is 4.14. The summed E-state index contributed by atoms with van der Waals surface area (Å²) in [5.74, 6) is 1.88. The monoisotopic (exact) mass is 347 g/mol. The Morgan fingerprint density at radius 2 is 1.96 bits per heavy atom. The molecule has 2 N–H and O–H groups in total. The Hall–Kier alpha value is -1.44. The summed E-state index contributed by atoms with van der Waals surface area (Å²) in [6.07, 6.45) is 4.19. The fraction of sp³-hybridized carbons (Fsp3) is 0.438. The first-order chi connectivity index (χ1) is 11.3. The van der Waals surface area contributed by atoms with Gasteiger partial charge in [-0.15, -0.1) is 15.3 Å². The van der Waals surface area contributed by atoms with Gasteiger partial charge in [-0.3, -0.25) is 0 Å². The molecule has 0 unspecified atom stereocenters. The molecule has 0 amide bonds. The Morgan fingerprint density at radius 1 is 1.13 bits per heavy atom. The van der Waals surface area contributed by atoms with E-state index in [0.29, 0.717) is 0 Å². The number of thioether (sulfide) groups is 1. The third-order valence-electron chi connectivity index (χ3n) is 3.62. The van der Waals surface area contributed by atoms with Crippen LogP contribution in [0, 0.1) is 6.92 Å². The van der Waals surface area contributed by atoms with Gasteiger partial charge in [-0.25, -0.2) is 0 Å². The molecule has 3 aromatic rings. The molecule has 7 heteroatoms. The first kappa shape index (κ1) is 16.4. The van der Waals surface area contributed by atoms with Crippen LogP contribution in [0.25, 0.3) is 4.96 Å². The van der Waals surface area contributed by atoms with Crippen molar-refractivity contribution in [3.05, 3.63) is 41.2 Å². The Balaban J connectivity index is 1.61. The summed E-state index contributed by atoms with van der Waals surface area (Å²) in [7, 11) is 0. The summed E-state index contributed by atoms with van der Waals surface area (Å²) < 4.78 is 2.93. The van der Waals surface area contributed by atoms with Crippen molar-refractivity contribution in [1.82, 2.24) is 19.8 Å². The SMILES string of the molecule is Cc1ccc(CSc2nn3c(CCCCCN)nnc3s2)cc1. The average Bonchev–Trinajstić information content (AvgIpc) is 3.12. The van der Waals surface area contributed by atoms with Crippen LogP contribution in [-0.2, 0) is 12.2 Å². The second-order valence-corrected chi connectivity index (χ2v) is 7.73. The summed E-state index contributed by atoms with van der Waals surface area (Å²) in [5.41, 5.74) is 8.13. The van der Waals surface area contributed by atoms with Crippen molar-refractivity contribution < 1.29 is 0 Å². The van der Waals surface area contributed by atoms with Gasteiger partial charge in [-0.1, -0.05) is 59.3 Å². The summed E-state index contributed by atoms with van der Waals surface area (Å²) in [6, 6.07) is 8.64. The lowest BCUT2D eigenvalue weighted by Gasteiger charge is -1.99. The minimum Gasteiger partial charge on any atom is -0.330 e. The summed E-state index contributed by atoms with van der Waals surface area (Å²) >= 11 is 3.36. The number of fused-ring (bicyclic) bond motifs is 1. The zero-order valence-electron chi connectivity index (χ0n) is 13.2. The minimum absolute atomic E-state index is 0.756. The topological polar surface area (TPSA) is 69.1 Å². The van der Waals surface area contributed by atoms with Crippen LogP contribution < -0.4 is 5.73 Å². The van der Waals surface area contributed by atoms with Gasteiger partial charge >= 0.3 is 0 Å². The Bertz CT molecular complexity index is 748. The van der Waals surface area contributed by atoms with E-state index in [9.17, 15) is 0 Å². The van der Waals surface area contributed by atoms with Crippen molar-refractivity contribution in [3.8, 4) is 0 Å². The molecule has 0 atom stereocenters. The molecule has 23 heavy (non-hydrogen) atoms. The van der Waals surface area contributed by atoms with Gasteiger partial charge in [-0.05, 0) is 31.9 Å². The highest BCUT2D eigenvalue weighted by Gasteiger charge is 2.11. The van der Waals surface area contributed by atoms with E-state index in [-0.39, 0.29) is 0 Å². The first-order valence-electron chi connectivity index (χ1n) is 7.86. The third-order valence-corrected chi connectivity index (χ3v) is 5.73. The largest absolute Gasteiger partial charge is 0.330 e. The molecule has 0 saturated heterocycles. The first-order valence-corrected chi connectivity index (χ1v) is 9.66. The minimum atomic E-state index is 0.756. The Morgan fingerprint density at radius 3 is 2.74 bits per heavy atom. The van der Waals surface area contributed by atoms with Crippen LogP contribution in [0.4, 0.5) is 0 Å². The zero-order valence-corrected chi connectivity index (χ0v) is 14.9. The van der Waals surface area contributed by atoms with E-state index in [2.05, 4.69) is 46.5 Å². The van der Waals surface area contributed by atoms with Crippen molar-refractivity contribution in [2.75, 3.05) is 6.54 Å². The zero-order chi connectivity index (χ0) is 16.1. The van der Waals surface area contributed by atoms with E-state index < -0.39 is 0 Å². The number of hydrogen-bond donors (Lipinski definition) is 1. The predicted molar refractivity (Wildman–Crippen MR) is 96.0 cm³/mol. The van der Waals surface area contributed by atoms with Gasteiger partial charge < -0.3 is 5.73 Å². The summed E-state index contributed by atoms with van der Waals surface area (Å²) in [4.78, 5) is 0.880. The summed E-state index contributed by atoms with van der Waals surface area (Å²) in [6.45, 7) is 2.86. The van der Waals surface area contributed by atoms with Gasteiger partial charge in [0.15, 0.2) is 10.2 Å².